The summed E-state index contributed by atoms with van der Waals surface area (Å²) < 4.78 is 5.26. The molecule has 1 atom stereocenters. The molecule has 1 aromatic rings. The molecule has 1 amide bonds. The first kappa shape index (κ1) is 18.7. The first-order chi connectivity index (χ1) is 12.0. The number of ether oxygens (including phenoxy) is 1. The highest BCUT2D eigenvalue weighted by Crippen LogP contribution is 2.16. The van der Waals surface area contributed by atoms with Gasteiger partial charge in [-0.15, -0.1) is 0 Å². The Kier molecular flexibility index (Phi) is 6.70. The molecule has 2 rings (SSSR count). The lowest BCUT2D eigenvalue weighted by Crippen LogP contribution is -2.49. The number of benzene rings is 1. The van der Waals surface area contributed by atoms with E-state index in [1.165, 1.54) is 12.1 Å². The van der Waals surface area contributed by atoms with Crippen LogP contribution in [0.15, 0.2) is 24.3 Å². The molecular weight excluding hydrogens is 330 g/mol. The largest absolute Gasteiger partial charge is 0.481 e. The topological polar surface area (TPSA) is 122 Å². The smallest absolute Gasteiger partial charge is 0.305 e. The number of morpholine rings is 1. The number of rotatable bonds is 8. The van der Waals surface area contributed by atoms with Gasteiger partial charge in [-0.05, 0) is 18.6 Å². The summed E-state index contributed by atoms with van der Waals surface area (Å²) in [5, 5.41) is 22.6. The van der Waals surface area contributed by atoms with Crippen LogP contribution in [0.2, 0.25) is 0 Å². The molecule has 0 spiro atoms. The highest BCUT2D eigenvalue weighted by Gasteiger charge is 2.28. The fourth-order valence-electron chi connectivity index (χ4n) is 2.67. The van der Waals surface area contributed by atoms with E-state index < -0.39 is 16.9 Å². The van der Waals surface area contributed by atoms with E-state index in [4.69, 9.17) is 9.84 Å². The van der Waals surface area contributed by atoms with Gasteiger partial charge in [0.2, 0.25) is 5.91 Å². The summed E-state index contributed by atoms with van der Waals surface area (Å²) in [6, 6.07) is 5.65. The van der Waals surface area contributed by atoms with Crippen molar-refractivity contribution in [2.24, 2.45) is 0 Å². The zero-order valence-electron chi connectivity index (χ0n) is 13.7. The molecule has 0 radical (unpaired) electrons. The van der Waals surface area contributed by atoms with E-state index in [2.05, 4.69) is 5.32 Å². The van der Waals surface area contributed by atoms with Crippen molar-refractivity contribution in [2.75, 3.05) is 31.6 Å². The predicted octanol–water partition coefficient (Wildman–Crippen LogP) is 1.49. The Labute approximate surface area is 144 Å². The second-order valence-electron chi connectivity index (χ2n) is 5.75. The molecule has 0 bridgehead atoms. The fraction of sp³-hybridized carbons (Fsp3) is 0.500. The lowest BCUT2D eigenvalue weighted by atomic mass is 10.1. The van der Waals surface area contributed by atoms with Gasteiger partial charge in [0.25, 0.3) is 5.69 Å². The highest BCUT2D eigenvalue weighted by atomic mass is 16.6. The SMILES string of the molecule is O=C(O)CC1COCCN1C(=O)CCCNc1ccc([N+](=O)[O-])cc1. The predicted molar refractivity (Wildman–Crippen MR) is 89.4 cm³/mol. The number of non-ortho nitro benzene ring substituents is 1. The number of carboxylic acids is 1. The monoisotopic (exact) mass is 351 g/mol. The number of hydrogen-bond acceptors (Lipinski definition) is 6. The summed E-state index contributed by atoms with van der Waals surface area (Å²) in [5.41, 5.74) is 0.769. The van der Waals surface area contributed by atoms with E-state index in [9.17, 15) is 19.7 Å². The van der Waals surface area contributed by atoms with Crippen molar-refractivity contribution in [1.82, 2.24) is 4.90 Å². The summed E-state index contributed by atoms with van der Waals surface area (Å²) in [6.07, 6.45) is 0.760. The first-order valence-corrected chi connectivity index (χ1v) is 8.04. The number of nitro groups is 1. The lowest BCUT2D eigenvalue weighted by molar-refractivity contribution is -0.384. The van der Waals surface area contributed by atoms with Crippen molar-refractivity contribution in [1.29, 1.82) is 0 Å². The summed E-state index contributed by atoms with van der Waals surface area (Å²) in [5.74, 6) is -1.03. The maximum Gasteiger partial charge on any atom is 0.305 e. The fourth-order valence-corrected chi connectivity index (χ4v) is 2.67. The average molecular weight is 351 g/mol. The minimum atomic E-state index is -0.951. The molecule has 0 saturated carbocycles. The summed E-state index contributed by atoms with van der Waals surface area (Å²) >= 11 is 0. The van der Waals surface area contributed by atoms with E-state index in [0.29, 0.717) is 32.5 Å². The molecule has 136 valence electrons. The second kappa shape index (κ2) is 8.97. The highest BCUT2D eigenvalue weighted by molar-refractivity contribution is 5.77. The quantitative estimate of drug-likeness (QED) is 0.413. The van der Waals surface area contributed by atoms with Crippen LogP contribution in [0.1, 0.15) is 19.3 Å². The summed E-state index contributed by atoms with van der Waals surface area (Å²) in [7, 11) is 0. The van der Waals surface area contributed by atoms with Crippen LogP contribution >= 0.6 is 0 Å². The molecule has 0 aromatic heterocycles. The van der Waals surface area contributed by atoms with Crippen LogP contribution in [0.5, 0.6) is 0 Å². The molecule has 1 aromatic carbocycles. The van der Waals surface area contributed by atoms with Crippen molar-refractivity contribution >= 4 is 23.3 Å². The molecular formula is C16H21N3O6. The van der Waals surface area contributed by atoms with Gasteiger partial charge in [0.15, 0.2) is 0 Å². The van der Waals surface area contributed by atoms with Crippen molar-refractivity contribution < 1.29 is 24.4 Å². The number of carbonyl (C=O) groups is 2. The molecule has 25 heavy (non-hydrogen) atoms. The van der Waals surface area contributed by atoms with Crippen molar-refractivity contribution in [3.63, 3.8) is 0 Å². The van der Waals surface area contributed by atoms with Gasteiger partial charge in [0.1, 0.15) is 0 Å². The standard InChI is InChI=1S/C16H21N3O6/c20-15(18-8-9-25-11-14(18)10-16(21)22)2-1-7-17-12-3-5-13(6-4-12)19(23)24/h3-6,14,17H,1-2,7-11H2,(H,21,22). The third-order valence-electron chi connectivity index (χ3n) is 3.93. The minimum Gasteiger partial charge on any atom is -0.481 e. The lowest BCUT2D eigenvalue weighted by Gasteiger charge is -2.35. The normalized spacial score (nSPS) is 17.1. The van der Waals surface area contributed by atoms with Crippen molar-refractivity contribution in [3.8, 4) is 0 Å². The van der Waals surface area contributed by atoms with Crippen LogP contribution in [0.3, 0.4) is 0 Å². The molecule has 1 aliphatic rings. The van der Waals surface area contributed by atoms with E-state index in [0.717, 1.165) is 5.69 Å². The van der Waals surface area contributed by atoms with Crippen molar-refractivity contribution in [3.05, 3.63) is 34.4 Å². The molecule has 9 heteroatoms. The average Bonchev–Trinajstić information content (AvgIpc) is 2.59. The van der Waals surface area contributed by atoms with Gasteiger partial charge in [-0.25, -0.2) is 0 Å². The van der Waals surface area contributed by atoms with Gasteiger partial charge in [-0.2, -0.15) is 0 Å². The van der Waals surface area contributed by atoms with Crippen molar-refractivity contribution in [2.45, 2.75) is 25.3 Å². The summed E-state index contributed by atoms with van der Waals surface area (Å²) in [6.45, 7) is 1.62. The Morgan fingerprint density at radius 3 is 2.72 bits per heavy atom. The zero-order chi connectivity index (χ0) is 18.2. The molecule has 1 unspecified atom stereocenters. The first-order valence-electron chi connectivity index (χ1n) is 8.04. The van der Waals surface area contributed by atoms with E-state index in [1.54, 1.807) is 17.0 Å². The summed E-state index contributed by atoms with van der Waals surface area (Å²) in [4.78, 5) is 34.9. The zero-order valence-corrected chi connectivity index (χ0v) is 13.7. The Bertz CT molecular complexity index is 619. The number of carbonyl (C=O) groups excluding carboxylic acids is 1. The molecule has 1 heterocycles. The molecule has 1 saturated heterocycles. The Morgan fingerprint density at radius 1 is 1.36 bits per heavy atom. The van der Waals surface area contributed by atoms with Gasteiger partial charge in [-0.3, -0.25) is 19.7 Å². The van der Waals surface area contributed by atoms with Crippen LogP contribution in [-0.4, -0.2) is 59.2 Å². The Balaban J connectivity index is 1.75. The van der Waals surface area contributed by atoms with Crippen LogP contribution < -0.4 is 5.32 Å². The molecule has 1 fully saturated rings. The number of carboxylic acid groups (broad SMARTS) is 1. The number of hydrogen-bond donors (Lipinski definition) is 2. The van der Waals surface area contributed by atoms with Crippen LogP contribution in [0, 0.1) is 10.1 Å². The third-order valence-corrected chi connectivity index (χ3v) is 3.93. The van der Waals surface area contributed by atoms with Gasteiger partial charge in [-0.1, -0.05) is 0 Å². The number of amides is 1. The Morgan fingerprint density at radius 2 is 2.08 bits per heavy atom. The van der Waals surface area contributed by atoms with E-state index in [1.807, 2.05) is 0 Å². The van der Waals surface area contributed by atoms with Gasteiger partial charge in [0, 0.05) is 37.3 Å². The number of nitro benzene ring substituents is 1. The molecule has 2 N–H and O–H groups in total. The number of aliphatic carboxylic acids is 1. The molecule has 0 aliphatic carbocycles. The number of nitrogens with one attached hydrogen (secondary N) is 1. The van der Waals surface area contributed by atoms with Gasteiger partial charge < -0.3 is 20.1 Å². The molecule has 9 nitrogen and oxygen atoms in total. The van der Waals surface area contributed by atoms with Crippen LogP contribution in [-0.2, 0) is 14.3 Å². The molecule has 1 aliphatic heterocycles. The van der Waals surface area contributed by atoms with Gasteiger partial charge >= 0.3 is 5.97 Å². The maximum atomic E-state index is 12.3. The Hall–Kier alpha value is -2.68. The minimum absolute atomic E-state index is 0.0255. The van der Waals surface area contributed by atoms with Crippen LogP contribution in [0.25, 0.3) is 0 Å². The van der Waals surface area contributed by atoms with Gasteiger partial charge in [0.05, 0.1) is 30.6 Å². The third kappa shape index (κ3) is 5.71. The number of nitrogens with zero attached hydrogens (tertiary/aromatic N) is 2. The second-order valence-corrected chi connectivity index (χ2v) is 5.75. The van der Waals surface area contributed by atoms with E-state index in [-0.39, 0.29) is 24.6 Å². The number of anilines is 1. The van der Waals surface area contributed by atoms with E-state index >= 15 is 0 Å². The maximum absolute atomic E-state index is 12.3. The van der Waals surface area contributed by atoms with Crippen LogP contribution in [0.4, 0.5) is 11.4 Å².